The van der Waals surface area contributed by atoms with E-state index in [0.29, 0.717) is 76.5 Å². The topological polar surface area (TPSA) is 99.4 Å². The maximum Gasteiger partial charge on any atom is 0.433 e. The van der Waals surface area contributed by atoms with Crippen molar-refractivity contribution in [1.29, 1.82) is 5.26 Å². The summed E-state index contributed by atoms with van der Waals surface area (Å²) in [5, 5.41) is 8.58. The molecule has 0 unspecified atom stereocenters. The van der Waals surface area contributed by atoms with Crippen LogP contribution in [0.25, 0.3) is 0 Å². The van der Waals surface area contributed by atoms with Gasteiger partial charge in [0, 0.05) is 24.7 Å². The van der Waals surface area contributed by atoms with Gasteiger partial charge in [-0.2, -0.15) is 44.8 Å². The standard InChI is InChI=1S/C14H22O.C13H17F3O.C12H15F3O.C11H14F3N.C10H12N2.C10H15NO/c1-11(2)14(3,4)10-12-6-8-13(15-5)9-7-12;1-4-17-12-6-5-10(7-9(2)3)8-11(12)13(14,15)16;1-8(2)4-9-5-10(12(13,14)15)7-11(6-9)16-3;1-8(2)3-4-9-5-6-10(15-7-9)11(12,13)14;1-8(2)5-9-3-4-12-10(6-9)7-11;1-8(2)6-9-4-5-10(12-3)11-7-9/h6-9,11H,10H2,1-5H3;5-6,8-9H,4,7H2,1-3H3;5-8H,4H2,1-3H3;5-8H,3-4H2,1-2H3;3-4,6,8H,5H2,1-2H3;4-5,7-8H,6H2,1-3H3. The fraction of sp³-hybridized carbons (Fsp3) is 0.514. The van der Waals surface area contributed by atoms with Crippen LogP contribution in [0.3, 0.4) is 0 Å². The third kappa shape index (κ3) is 33.2. The van der Waals surface area contributed by atoms with Crippen molar-refractivity contribution in [2.45, 2.75) is 167 Å². The van der Waals surface area contributed by atoms with Crippen molar-refractivity contribution in [3.05, 3.63) is 172 Å². The molecule has 0 saturated heterocycles. The number of alkyl halides is 9. The fourth-order valence-corrected chi connectivity index (χ4v) is 8.14. The summed E-state index contributed by atoms with van der Waals surface area (Å²) < 4.78 is 133. The number of methoxy groups -OCH3 is 3. The predicted molar refractivity (Wildman–Crippen MR) is 332 cm³/mol. The third-order valence-corrected chi connectivity index (χ3v) is 13.2. The van der Waals surface area contributed by atoms with E-state index in [-0.39, 0.29) is 18.1 Å². The Bertz CT molecular complexity index is 2870. The van der Waals surface area contributed by atoms with Crippen molar-refractivity contribution < 1.29 is 58.5 Å². The lowest BCUT2D eigenvalue weighted by Crippen LogP contribution is -2.21. The third-order valence-electron chi connectivity index (χ3n) is 13.2. The molecule has 8 nitrogen and oxygen atoms in total. The molecule has 17 heteroatoms. The van der Waals surface area contributed by atoms with Crippen LogP contribution >= 0.6 is 0 Å². The van der Waals surface area contributed by atoms with E-state index in [1.54, 1.807) is 39.5 Å². The summed E-state index contributed by atoms with van der Waals surface area (Å²) in [5.74, 6) is 4.97. The second-order valence-corrected chi connectivity index (χ2v) is 24.2. The number of aromatic nitrogens is 3. The number of halogens is 9. The lowest BCUT2D eigenvalue weighted by molar-refractivity contribution is -0.141. The number of pyridine rings is 3. The van der Waals surface area contributed by atoms with E-state index in [1.807, 2.05) is 70.3 Å². The average Bonchev–Trinajstić information content (AvgIpc) is 2.17. The molecule has 0 fully saturated rings. The summed E-state index contributed by atoms with van der Waals surface area (Å²) in [6, 6.07) is 28.8. The zero-order valence-corrected chi connectivity index (χ0v) is 54.4. The average molecular weight is 1230 g/mol. The Labute approximate surface area is 513 Å². The van der Waals surface area contributed by atoms with Crippen LogP contribution in [0.5, 0.6) is 23.1 Å². The van der Waals surface area contributed by atoms with Crippen molar-refractivity contribution >= 4 is 0 Å². The first kappa shape index (κ1) is 78.2. The quantitative estimate of drug-likeness (QED) is 0.0740. The highest BCUT2D eigenvalue weighted by molar-refractivity contribution is 5.40. The van der Waals surface area contributed by atoms with E-state index in [0.717, 1.165) is 55.5 Å². The summed E-state index contributed by atoms with van der Waals surface area (Å²) in [6.07, 6.45) is -1.94. The predicted octanol–water partition coefficient (Wildman–Crippen LogP) is 20.3. The van der Waals surface area contributed by atoms with E-state index in [1.165, 1.54) is 54.3 Å². The van der Waals surface area contributed by atoms with Gasteiger partial charge in [-0.25, -0.2) is 9.97 Å². The number of rotatable bonds is 19. The second kappa shape index (κ2) is 38.4. The Balaban J connectivity index is 0.000000524. The Morgan fingerprint density at radius 3 is 1.44 bits per heavy atom. The molecule has 3 heterocycles. The fourth-order valence-electron chi connectivity index (χ4n) is 8.14. The number of hydrogen-bond acceptors (Lipinski definition) is 8. The first-order chi connectivity index (χ1) is 40.5. The van der Waals surface area contributed by atoms with Crippen LogP contribution in [0.15, 0.2) is 116 Å². The van der Waals surface area contributed by atoms with E-state index < -0.39 is 35.3 Å². The summed E-state index contributed by atoms with van der Waals surface area (Å²) >= 11 is 0. The zero-order chi connectivity index (χ0) is 66.3. The molecule has 0 aliphatic rings. The van der Waals surface area contributed by atoms with Crippen LogP contribution in [0.4, 0.5) is 39.5 Å². The minimum atomic E-state index is -4.36. The van der Waals surface area contributed by atoms with Crippen LogP contribution in [0, 0.1) is 52.3 Å². The number of hydrogen-bond donors (Lipinski definition) is 0. The van der Waals surface area contributed by atoms with Gasteiger partial charge in [0.1, 0.15) is 34.7 Å². The van der Waals surface area contributed by atoms with Crippen LogP contribution in [0.1, 0.15) is 166 Å². The minimum Gasteiger partial charge on any atom is -0.497 e. The lowest BCUT2D eigenvalue weighted by atomic mass is 9.76. The van der Waals surface area contributed by atoms with Crippen LogP contribution in [-0.4, -0.2) is 42.9 Å². The molecule has 3 aromatic heterocycles. The van der Waals surface area contributed by atoms with Gasteiger partial charge in [0.25, 0.3) is 0 Å². The normalized spacial score (nSPS) is 11.4. The molecule has 0 aliphatic carbocycles. The Hall–Kier alpha value is -6.83. The number of aryl methyl sites for hydroxylation is 1. The first-order valence-electron chi connectivity index (χ1n) is 29.5. The molecular weight excluding hydrogens is 1130 g/mol. The molecular formula is C70H95F9N4O4. The van der Waals surface area contributed by atoms with E-state index in [9.17, 15) is 39.5 Å². The highest BCUT2D eigenvalue weighted by Crippen LogP contribution is 2.38. The monoisotopic (exact) mass is 1230 g/mol. The largest absolute Gasteiger partial charge is 0.497 e. The molecule has 0 atom stereocenters. The lowest BCUT2D eigenvalue weighted by Gasteiger charge is -2.29. The maximum absolute atomic E-state index is 12.8. The molecule has 0 saturated carbocycles. The van der Waals surface area contributed by atoms with Crippen molar-refractivity contribution in [3.63, 3.8) is 0 Å². The van der Waals surface area contributed by atoms with Crippen molar-refractivity contribution in [3.8, 4) is 29.2 Å². The highest BCUT2D eigenvalue weighted by Gasteiger charge is 2.35. The van der Waals surface area contributed by atoms with Crippen molar-refractivity contribution in [2.24, 2.45) is 40.9 Å². The van der Waals surface area contributed by atoms with Crippen LogP contribution in [-0.2, 0) is 57.1 Å². The van der Waals surface area contributed by atoms with Crippen molar-refractivity contribution in [2.75, 3.05) is 27.9 Å². The van der Waals surface area contributed by atoms with Gasteiger partial charge in [0.05, 0.1) is 39.1 Å². The van der Waals surface area contributed by atoms with Gasteiger partial charge in [0.15, 0.2) is 0 Å². The number of benzene rings is 3. The molecule has 87 heavy (non-hydrogen) atoms. The molecule has 6 aromatic rings. The molecule has 0 bridgehead atoms. The molecule has 0 aliphatic heterocycles. The van der Waals surface area contributed by atoms with Gasteiger partial charge in [-0.15, -0.1) is 0 Å². The van der Waals surface area contributed by atoms with Gasteiger partial charge in [-0.3, -0.25) is 4.98 Å². The van der Waals surface area contributed by atoms with Gasteiger partial charge in [0.2, 0.25) is 5.88 Å². The smallest absolute Gasteiger partial charge is 0.433 e. The molecule has 0 radical (unpaired) electrons. The van der Waals surface area contributed by atoms with E-state index in [4.69, 9.17) is 24.2 Å². The SMILES string of the molecule is CC(C)CCc1ccc(C(F)(F)F)nc1.CC(C)Cc1ccnc(C#N)c1.CCOc1ccc(CC(C)C)cc1C(F)(F)F.COc1cc(CC(C)C)cc(C(F)(F)F)c1.COc1ccc(CC(C)(C)C(C)C)cc1.COc1ccc(CC(C)C)cn1. The van der Waals surface area contributed by atoms with Gasteiger partial charge >= 0.3 is 18.5 Å². The Morgan fingerprint density at radius 1 is 0.483 bits per heavy atom. The number of ether oxygens (including phenoxy) is 4. The highest BCUT2D eigenvalue weighted by atomic mass is 19.4. The summed E-state index contributed by atoms with van der Waals surface area (Å²) in [4.78, 5) is 11.4. The minimum absolute atomic E-state index is 0.0903. The van der Waals surface area contributed by atoms with E-state index in [2.05, 4.69) is 102 Å². The molecule has 3 aromatic carbocycles. The van der Waals surface area contributed by atoms with Crippen LogP contribution < -0.4 is 18.9 Å². The van der Waals surface area contributed by atoms with Gasteiger partial charge in [-0.05, 0) is 187 Å². The number of nitriles is 1. The molecule has 0 amide bonds. The Morgan fingerprint density at radius 2 is 1.00 bits per heavy atom. The maximum atomic E-state index is 12.8. The van der Waals surface area contributed by atoms with Gasteiger partial charge < -0.3 is 18.9 Å². The van der Waals surface area contributed by atoms with E-state index >= 15 is 0 Å². The number of nitrogens with zero attached hydrogens (tertiary/aromatic N) is 4. The Kier molecular flexibility index (Phi) is 34.6. The van der Waals surface area contributed by atoms with Gasteiger partial charge in [-0.1, -0.05) is 127 Å². The first-order valence-corrected chi connectivity index (χ1v) is 29.5. The summed E-state index contributed by atoms with van der Waals surface area (Å²) in [6.45, 7) is 31.9. The second-order valence-electron chi connectivity index (χ2n) is 24.2. The summed E-state index contributed by atoms with van der Waals surface area (Å²) in [5.41, 5.74) is 4.75. The summed E-state index contributed by atoms with van der Waals surface area (Å²) in [7, 11) is 4.70. The van der Waals surface area contributed by atoms with Crippen molar-refractivity contribution in [1.82, 2.24) is 15.0 Å². The molecule has 482 valence electrons. The zero-order valence-electron chi connectivity index (χ0n) is 54.4. The molecule has 0 N–H and O–H groups in total. The molecule has 6 rings (SSSR count). The van der Waals surface area contributed by atoms with Crippen LogP contribution in [0.2, 0.25) is 0 Å². The molecule has 0 spiro atoms.